The molecule has 0 bridgehead atoms. The van der Waals surface area contributed by atoms with Crippen LogP contribution in [-0.4, -0.2) is 38.9 Å². The highest BCUT2D eigenvalue weighted by Crippen LogP contribution is 2.37. The highest BCUT2D eigenvalue weighted by atomic mass is 32.1. The van der Waals surface area contributed by atoms with E-state index in [2.05, 4.69) is 51.8 Å². The molecule has 0 aliphatic carbocycles. The molecule has 0 saturated heterocycles. The number of hydrogen-bond donors (Lipinski definition) is 0. The zero-order valence-electron chi connectivity index (χ0n) is 26.0. The Morgan fingerprint density at radius 2 is 1.87 bits per heavy atom. The molecular formula is C31H54FNO3SSi. The molecule has 0 spiro atoms. The molecule has 0 N–H and O–H groups in total. The van der Waals surface area contributed by atoms with Gasteiger partial charge < -0.3 is 9.16 Å². The Balaban J connectivity index is 2.35. The van der Waals surface area contributed by atoms with Crippen LogP contribution in [0.3, 0.4) is 0 Å². The van der Waals surface area contributed by atoms with Gasteiger partial charge in [0.1, 0.15) is 11.6 Å². The number of aromatic nitrogens is 1. The Bertz CT molecular complexity index is 930. The van der Waals surface area contributed by atoms with E-state index in [4.69, 9.17) is 9.16 Å². The summed E-state index contributed by atoms with van der Waals surface area (Å²) in [6.07, 6.45) is 7.55. The first-order chi connectivity index (χ1) is 17.4. The summed E-state index contributed by atoms with van der Waals surface area (Å²) >= 11 is 1.63. The van der Waals surface area contributed by atoms with Crippen LogP contribution in [0.25, 0.3) is 6.08 Å². The van der Waals surface area contributed by atoms with Crippen LogP contribution >= 0.6 is 11.3 Å². The Morgan fingerprint density at radius 3 is 2.45 bits per heavy atom. The van der Waals surface area contributed by atoms with Crippen molar-refractivity contribution in [3.8, 4) is 0 Å². The van der Waals surface area contributed by atoms with Crippen LogP contribution in [0.4, 0.5) is 4.39 Å². The second-order valence-corrected chi connectivity index (χ2v) is 19.1. The van der Waals surface area contributed by atoms with E-state index in [1.807, 2.05) is 40.0 Å². The fourth-order valence-corrected chi connectivity index (χ4v) is 5.93. The topological polar surface area (TPSA) is 48.4 Å². The first-order valence-electron chi connectivity index (χ1n) is 14.1. The third-order valence-electron chi connectivity index (χ3n) is 7.66. The molecule has 4 nitrogen and oxygen atoms in total. The van der Waals surface area contributed by atoms with E-state index in [1.165, 1.54) is 5.57 Å². The van der Waals surface area contributed by atoms with E-state index in [0.29, 0.717) is 25.4 Å². The van der Waals surface area contributed by atoms with Crippen molar-refractivity contribution in [1.82, 2.24) is 4.98 Å². The summed E-state index contributed by atoms with van der Waals surface area (Å²) in [4.78, 5) is 17.6. The standard InChI is InChI=1S/C31H54FNO3SSi/c1-23(19-28-22-37-26(4)33-28)14-12-15-27(32)21-35-20-24(2)18-25(3)29(34)31(8,9)16-13-17-36-38(10,11)30(5,6)7/h15,19,22,24-25H,12-14,16-18,20-21H2,1-11H3. The number of carbonyl (C=O) groups is 1. The lowest BCUT2D eigenvalue weighted by molar-refractivity contribution is -0.131. The number of carbonyl (C=O) groups excluding carboxylic acids is 1. The molecule has 0 saturated carbocycles. The molecule has 1 aromatic rings. The third-order valence-corrected chi connectivity index (χ3v) is 13.0. The zero-order chi connectivity index (χ0) is 29.1. The van der Waals surface area contributed by atoms with E-state index >= 15 is 0 Å². The number of ether oxygens (including phenoxy) is 1. The molecule has 0 aromatic carbocycles. The van der Waals surface area contributed by atoms with Gasteiger partial charge in [0.15, 0.2) is 8.32 Å². The number of allylic oxidation sites excluding steroid dienone is 2. The molecule has 2 atom stereocenters. The number of rotatable bonds is 17. The average molecular weight is 568 g/mol. The molecule has 38 heavy (non-hydrogen) atoms. The van der Waals surface area contributed by atoms with E-state index < -0.39 is 8.32 Å². The van der Waals surface area contributed by atoms with Gasteiger partial charge in [-0.2, -0.15) is 0 Å². The van der Waals surface area contributed by atoms with Crippen molar-refractivity contribution in [2.45, 2.75) is 113 Å². The number of halogens is 1. The molecule has 2 unspecified atom stereocenters. The average Bonchev–Trinajstić information content (AvgIpc) is 3.19. The van der Waals surface area contributed by atoms with Crippen molar-refractivity contribution in [3.63, 3.8) is 0 Å². The monoisotopic (exact) mass is 567 g/mol. The highest BCUT2D eigenvalue weighted by molar-refractivity contribution is 7.09. The Hall–Kier alpha value is -1.15. The third kappa shape index (κ3) is 12.8. The minimum atomic E-state index is -1.75. The molecule has 1 heterocycles. The maximum atomic E-state index is 14.2. The van der Waals surface area contributed by atoms with Gasteiger partial charge in [-0.1, -0.05) is 60.1 Å². The Morgan fingerprint density at radius 1 is 1.21 bits per heavy atom. The van der Waals surface area contributed by atoms with Crippen molar-refractivity contribution in [3.05, 3.63) is 33.6 Å². The smallest absolute Gasteiger partial charge is 0.191 e. The summed E-state index contributed by atoms with van der Waals surface area (Å²) in [7, 11) is -1.75. The van der Waals surface area contributed by atoms with Crippen molar-refractivity contribution < 1.29 is 18.3 Å². The summed E-state index contributed by atoms with van der Waals surface area (Å²) in [5.41, 5.74) is 1.77. The van der Waals surface area contributed by atoms with Crippen LogP contribution in [0.5, 0.6) is 0 Å². The number of hydrogen-bond acceptors (Lipinski definition) is 5. The van der Waals surface area contributed by atoms with Crippen LogP contribution in [0.1, 0.15) is 98.2 Å². The van der Waals surface area contributed by atoms with Gasteiger partial charge in [0.2, 0.25) is 0 Å². The highest BCUT2D eigenvalue weighted by Gasteiger charge is 2.37. The molecule has 1 aromatic heterocycles. The summed E-state index contributed by atoms with van der Waals surface area (Å²) in [6, 6.07) is 0. The summed E-state index contributed by atoms with van der Waals surface area (Å²) in [5, 5.41) is 3.28. The summed E-state index contributed by atoms with van der Waals surface area (Å²) < 4.78 is 26.1. The van der Waals surface area contributed by atoms with Crippen molar-refractivity contribution in [1.29, 1.82) is 0 Å². The largest absolute Gasteiger partial charge is 0.417 e. The van der Waals surface area contributed by atoms with Gasteiger partial charge in [0.25, 0.3) is 0 Å². The lowest BCUT2D eigenvalue weighted by atomic mass is 9.76. The molecule has 0 fully saturated rings. The van der Waals surface area contributed by atoms with Crippen molar-refractivity contribution >= 4 is 31.5 Å². The van der Waals surface area contributed by atoms with Gasteiger partial charge >= 0.3 is 0 Å². The number of ketones is 1. The maximum absolute atomic E-state index is 14.2. The van der Waals surface area contributed by atoms with Crippen LogP contribution < -0.4 is 0 Å². The lowest BCUT2D eigenvalue weighted by Gasteiger charge is -2.36. The van der Waals surface area contributed by atoms with E-state index in [1.54, 1.807) is 17.4 Å². The van der Waals surface area contributed by atoms with Gasteiger partial charge in [0, 0.05) is 29.9 Å². The molecule has 0 aliphatic rings. The predicted molar refractivity (Wildman–Crippen MR) is 164 cm³/mol. The van der Waals surface area contributed by atoms with Gasteiger partial charge in [-0.25, -0.2) is 9.37 Å². The van der Waals surface area contributed by atoms with Gasteiger partial charge in [-0.15, -0.1) is 11.3 Å². The lowest BCUT2D eigenvalue weighted by Crippen LogP contribution is -2.41. The SMILES string of the molecule is CC(=Cc1csc(C)n1)CCC=C(F)COCC(C)CC(C)C(=O)C(C)(C)CCCO[Si](C)(C)C(C)(C)C. The number of nitrogens with zero attached hydrogens (tertiary/aromatic N) is 1. The van der Waals surface area contributed by atoms with Crippen LogP contribution in [0.15, 0.2) is 22.9 Å². The number of Topliss-reactive ketones (excluding diaryl/α,β-unsaturated/α-hetero) is 1. The normalized spacial score (nSPS) is 15.6. The van der Waals surface area contributed by atoms with Crippen LogP contribution in [-0.2, 0) is 14.0 Å². The number of thiazole rings is 1. The van der Waals surface area contributed by atoms with E-state index in [0.717, 1.165) is 36.4 Å². The second kappa shape index (κ2) is 15.6. The summed E-state index contributed by atoms with van der Waals surface area (Å²) in [6.45, 7) is 24.6. The van der Waals surface area contributed by atoms with E-state index in [-0.39, 0.29) is 34.7 Å². The molecular weight excluding hydrogens is 513 g/mol. The van der Waals surface area contributed by atoms with Crippen molar-refractivity contribution in [2.24, 2.45) is 17.3 Å². The molecule has 1 rings (SSSR count). The van der Waals surface area contributed by atoms with Gasteiger partial charge in [0.05, 0.1) is 17.3 Å². The quantitative estimate of drug-likeness (QED) is 0.139. The van der Waals surface area contributed by atoms with E-state index in [9.17, 15) is 9.18 Å². The molecule has 0 radical (unpaired) electrons. The van der Waals surface area contributed by atoms with Crippen LogP contribution in [0.2, 0.25) is 18.1 Å². The van der Waals surface area contributed by atoms with Gasteiger partial charge in [-0.3, -0.25) is 4.79 Å². The fraction of sp³-hybridized carbons (Fsp3) is 0.742. The predicted octanol–water partition coefficient (Wildman–Crippen LogP) is 9.56. The minimum absolute atomic E-state index is 0.0135. The summed E-state index contributed by atoms with van der Waals surface area (Å²) in [5.74, 6) is 0.187. The Kier molecular flexibility index (Phi) is 14.3. The molecule has 0 aliphatic heterocycles. The molecule has 7 heteroatoms. The first-order valence-corrected chi connectivity index (χ1v) is 17.9. The minimum Gasteiger partial charge on any atom is -0.417 e. The van der Waals surface area contributed by atoms with Gasteiger partial charge in [-0.05, 0) is 76.1 Å². The number of aryl methyl sites for hydroxylation is 1. The molecule has 218 valence electrons. The first kappa shape index (κ1) is 34.9. The van der Waals surface area contributed by atoms with Crippen LogP contribution in [0, 0.1) is 24.2 Å². The Labute approximate surface area is 237 Å². The molecule has 0 amide bonds. The second-order valence-electron chi connectivity index (χ2n) is 13.2. The maximum Gasteiger partial charge on any atom is 0.191 e. The zero-order valence-corrected chi connectivity index (χ0v) is 27.8. The fourth-order valence-electron chi connectivity index (χ4n) is 4.27. The van der Waals surface area contributed by atoms with Crippen molar-refractivity contribution in [2.75, 3.05) is 19.8 Å².